The molecular formula is C17H19ClN2O4S. The highest BCUT2D eigenvalue weighted by Crippen LogP contribution is 2.19. The second-order valence-corrected chi connectivity index (χ2v) is 7.59. The fourth-order valence-electron chi connectivity index (χ4n) is 2.28. The minimum absolute atomic E-state index is 0.00143. The number of carbonyl (C=O) groups is 1. The number of nitrogens with zero attached hydrogens (tertiary/aromatic N) is 1. The van der Waals surface area contributed by atoms with E-state index in [0.29, 0.717) is 10.7 Å². The van der Waals surface area contributed by atoms with Crippen LogP contribution in [0, 0.1) is 0 Å². The molecule has 0 spiro atoms. The lowest BCUT2D eigenvalue weighted by atomic mass is 10.2. The molecule has 0 aromatic heterocycles. The number of likely N-dealkylation sites (N-methyl/N-ethyl adjacent to an activating group) is 1. The van der Waals surface area contributed by atoms with Crippen molar-refractivity contribution >= 4 is 33.2 Å². The predicted octanol–water partition coefficient (Wildman–Crippen LogP) is 2.60. The van der Waals surface area contributed by atoms with E-state index in [9.17, 15) is 13.2 Å². The highest BCUT2D eigenvalue weighted by atomic mass is 35.5. The first-order valence-corrected chi connectivity index (χ1v) is 9.48. The van der Waals surface area contributed by atoms with Crippen LogP contribution in [0.15, 0.2) is 53.4 Å². The van der Waals surface area contributed by atoms with E-state index >= 15 is 0 Å². The van der Waals surface area contributed by atoms with Gasteiger partial charge in [0.1, 0.15) is 0 Å². The largest absolute Gasteiger partial charge is 0.395 e. The van der Waals surface area contributed by atoms with Crippen molar-refractivity contribution in [1.82, 2.24) is 4.31 Å². The van der Waals surface area contributed by atoms with Gasteiger partial charge in [0.15, 0.2) is 0 Å². The summed E-state index contributed by atoms with van der Waals surface area (Å²) >= 11 is 5.88. The first-order chi connectivity index (χ1) is 11.9. The van der Waals surface area contributed by atoms with Gasteiger partial charge in [0.25, 0.3) is 5.91 Å². The molecule has 0 saturated heterocycles. The van der Waals surface area contributed by atoms with Crippen molar-refractivity contribution in [2.45, 2.75) is 11.8 Å². The first kappa shape index (κ1) is 19.4. The van der Waals surface area contributed by atoms with Gasteiger partial charge in [-0.3, -0.25) is 4.79 Å². The zero-order valence-electron chi connectivity index (χ0n) is 13.6. The van der Waals surface area contributed by atoms with Crippen LogP contribution < -0.4 is 5.32 Å². The molecule has 0 aliphatic rings. The molecule has 0 atom stereocenters. The molecule has 2 aromatic rings. The zero-order valence-corrected chi connectivity index (χ0v) is 15.2. The summed E-state index contributed by atoms with van der Waals surface area (Å²) in [5, 5.41) is 12.2. The van der Waals surface area contributed by atoms with E-state index in [4.69, 9.17) is 16.7 Å². The summed E-state index contributed by atoms with van der Waals surface area (Å²) < 4.78 is 26.3. The third-order valence-corrected chi connectivity index (χ3v) is 5.72. The van der Waals surface area contributed by atoms with Crippen molar-refractivity contribution in [3.63, 3.8) is 0 Å². The second-order valence-electron chi connectivity index (χ2n) is 5.21. The van der Waals surface area contributed by atoms with E-state index < -0.39 is 15.9 Å². The number of nitrogens with one attached hydrogen (secondary N) is 1. The smallest absolute Gasteiger partial charge is 0.255 e. The minimum Gasteiger partial charge on any atom is -0.395 e. The average molecular weight is 383 g/mol. The first-order valence-electron chi connectivity index (χ1n) is 7.66. The number of sulfonamides is 1. The molecule has 8 heteroatoms. The van der Waals surface area contributed by atoms with Gasteiger partial charge in [-0.25, -0.2) is 8.42 Å². The zero-order chi connectivity index (χ0) is 18.4. The summed E-state index contributed by atoms with van der Waals surface area (Å²) in [6.07, 6.45) is 0. The fraction of sp³-hybridized carbons (Fsp3) is 0.235. The standard InChI is InChI=1S/C17H19ClN2O4S/c1-2-20(9-10-21)25(23,24)16-8-3-5-13(11-16)17(22)19-15-7-4-6-14(18)12-15/h3-8,11-12,21H,2,9-10H2,1H3,(H,19,22). The molecule has 0 radical (unpaired) electrons. The van der Waals surface area contributed by atoms with Crippen LogP contribution in [0.1, 0.15) is 17.3 Å². The van der Waals surface area contributed by atoms with Gasteiger partial charge >= 0.3 is 0 Å². The quantitative estimate of drug-likeness (QED) is 0.770. The normalized spacial score (nSPS) is 11.5. The Morgan fingerprint density at radius 1 is 1.20 bits per heavy atom. The Labute approximate surface area is 152 Å². The van der Waals surface area contributed by atoms with Gasteiger partial charge in [-0.1, -0.05) is 30.7 Å². The van der Waals surface area contributed by atoms with Gasteiger partial charge in [-0.05, 0) is 36.4 Å². The number of rotatable bonds is 7. The molecule has 25 heavy (non-hydrogen) atoms. The van der Waals surface area contributed by atoms with Crippen molar-refractivity contribution in [3.8, 4) is 0 Å². The van der Waals surface area contributed by atoms with Crippen molar-refractivity contribution in [3.05, 3.63) is 59.1 Å². The van der Waals surface area contributed by atoms with Crippen LogP contribution in [0.4, 0.5) is 5.69 Å². The van der Waals surface area contributed by atoms with Crippen LogP contribution in [0.25, 0.3) is 0 Å². The SMILES string of the molecule is CCN(CCO)S(=O)(=O)c1cccc(C(=O)Nc2cccc(Cl)c2)c1. The predicted molar refractivity (Wildman–Crippen MR) is 97.4 cm³/mol. The van der Waals surface area contributed by atoms with Gasteiger partial charge in [-0.2, -0.15) is 4.31 Å². The summed E-state index contributed by atoms with van der Waals surface area (Å²) in [6.45, 7) is 1.63. The number of halogens is 1. The molecule has 1 amide bonds. The Morgan fingerprint density at radius 2 is 1.92 bits per heavy atom. The fourth-order valence-corrected chi connectivity index (χ4v) is 3.95. The third-order valence-electron chi connectivity index (χ3n) is 3.52. The lowest BCUT2D eigenvalue weighted by Crippen LogP contribution is -2.33. The molecule has 2 aromatic carbocycles. The Hall–Kier alpha value is -1.93. The molecule has 2 N–H and O–H groups in total. The van der Waals surface area contributed by atoms with E-state index in [2.05, 4.69) is 5.32 Å². The number of hydrogen-bond acceptors (Lipinski definition) is 4. The van der Waals surface area contributed by atoms with Gasteiger partial charge in [-0.15, -0.1) is 0 Å². The maximum Gasteiger partial charge on any atom is 0.255 e. The molecule has 0 unspecified atom stereocenters. The molecule has 0 heterocycles. The van der Waals surface area contributed by atoms with Crippen LogP contribution in [0.5, 0.6) is 0 Å². The van der Waals surface area contributed by atoms with Crippen LogP contribution in [0.2, 0.25) is 5.02 Å². The Bertz CT molecular complexity index is 855. The number of carbonyl (C=O) groups excluding carboxylic acids is 1. The summed E-state index contributed by atoms with van der Waals surface area (Å²) in [4.78, 5) is 12.4. The molecule has 0 fully saturated rings. The van der Waals surface area contributed by atoms with Crippen LogP contribution >= 0.6 is 11.6 Å². The van der Waals surface area contributed by atoms with Crippen LogP contribution in [0.3, 0.4) is 0 Å². The highest BCUT2D eigenvalue weighted by molar-refractivity contribution is 7.89. The van der Waals surface area contributed by atoms with Crippen molar-refractivity contribution in [2.24, 2.45) is 0 Å². The summed E-state index contributed by atoms with van der Waals surface area (Å²) in [5.41, 5.74) is 0.724. The number of anilines is 1. The average Bonchev–Trinajstić information content (AvgIpc) is 2.59. The summed E-state index contributed by atoms with van der Waals surface area (Å²) in [6, 6.07) is 12.4. The van der Waals surface area contributed by atoms with E-state index in [-0.39, 0.29) is 30.2 Å². The summed E-state index contributed by atoms with van der Waals surface area (Å²) in [7, 11) is -3.78. The topological polar surface area (TPSA) is 86.7 Å². The maximum absolute atomic E-state index is 12.6. The number of amides is 1. The Kier molecular flexibility index (Phi) is 6.55. The number of hydrogen-bond donors (Lipinski definition) is 2. The van der Waals surface area contributed by atoms with Crippen molar-refractivity contribution in [1.29, 1.82) is 0 Å². The third kappa shape index (κ3) is 4.79. The van der Waals surface area contributed by atoms with Crippen LogP contribution in [-0.2, 0) is 10.0 Å². The molecule has 6 nitrogen and oxygen atoms in total. The number of benzene rings is 2. The lowest BCUT2D eigenvalue weighted by Gasteiger charge is -2.19. The Balaban J connectivity index is 2.27. The van der Waals surface area contributed by atoms with E-state index in [1.54, 1.807) is 31.2 Å². The van der Waals surface area contributed by atoms with Crippen molar-refractivity contribution in [2.75, 3.05) is 25.0 Å². The Morgan fingerprint density at radius 3 is 2.56 bits per heavy atom. The van der Waals surface area contributed by atoms with Crippen LogP contribution in [-0.4, -0.2) is 43.4 Å². The number of aliphatic hydroxyl groups is 1. The molecule has 0 aliphatic heterocycles. The van der Waals surface area contributed by atoms with E-state index in [0.717, 1.165) is 4.31 Å². The van der Waals surface area contributed by atoms with E-state index in [1.165, 1.54) is 24.3 Å². The van der Waals surface area contributed by atoms with Crippen molar-refractivity contribution < 1.29 is 18.3 Å². The molecule has 0 saturated carbocycles. The lowest BCUT2D eigenvalue weighted by molar-refractivity contribution is 0.102. The van der Waals surface area contributed by atoms with Gasteiger partial charge in [0.2, 0.25) is 10.0 Å². The summed E-state index contributed by atoms with van der Waals surface area (Å²) in [5.74, 6) is -0.440. The molecule has 0 bridgehead atoms. The molecule has 2 rings (SSSR count). The van der Waals surface area contributed by atoms with Gasteiger partial charge < -0.3 is 10.4 Å². The maximum atomic E-state index is 12.6. The minimum atomic E-state index is -3.78. The highest BCUT2D eigenvalue weighted by Gasteiger charge is 2.23. The monoisotopic (exact) mass is 382 g/mol. The second kappa shape index (κ2) is 8.44. The molecule has 0 aliphatic carbocycles. The van der Waals surface area contributed by atoms with E-state index in [1.807, 2.05) is 0 Å². The molecule has 134 valence electrons. The van der Waals surface area contributed by atoms with Gasteiger partial charge in [0, 0.05) is 29.4 Å². The van der Waals surface area contributed by atoms with Gasteiger partial charge in [0.05, 0.1) is 11.5 Å². The number of aliphatic hydroxyl groups excluding tert-OH is 1. The molecular weight excluding hydrogens is 364 g/mol.